The average molecular weight is 359 g/mol. The number of fused-ring (bicyclic) bond motifs is 1. The number of nitrogens with one attached hydrogen (secondary N) is 3. The van der Waals surface area contributed by atoms with E-state index in [2.05, 4.69) is 31.3 Å². The fourth-order valence-corrected chi connectivity index (χ4v) is 2.87. The average Bonchev–Trinajstić information content (AvgIpc) is 3.25. The molecule has 2 heterocycles. The maximum atomic E-state index is 12.8. The number of tetrazole rings is 1. The van der Waals surface area contributed by atoms with Crippen LogP contribution in [0.1, 0.15) is 18.3 Å². The third kappa shape index (κ3) is 3.45. The molecule has 0 radical (unpaired) electrons. The fourth-order valence-electron chi connectivity index (χ4n) is 2.87. The lowest BCUT2D eigenvalue weighted by molar-refractivity contribution is -0.126. The molecule has 0 spiro atoms. The van der Waals surface area contributed by atoms with Crippen LogP contribution in [-0.4, -0.2) is 55.7 Å². The smallest absolute Gasteiger partial charge is 0.405 e. The van der Waals surface area contributed by atoms with Crippen molar-refractivity contribution in [1.82, 2.24) is 31.3 Å². The largest absolute Gasteiger partial charge is 0.465 e. The molecule has 1 aliphatic heterocycles. The van der Waals surface area contributed by atoms with Crippen LogP contribution in [0.4, 0.5) is 10.5 Å². The van der Waals surface area contributed by atoms with Crippen LogP contribution in [0.5, 0.6) is 0 Å². The van der Waals surface area contributed by atoms with Gasteiger partial charge in [0.15, 0.2) is 5.82 Å². The van der Waals surface area contributed by atoms with Gasteiger partial charge in [0.25, 0.3) is 0 Å². The molecule has 0 fully saturated rings. The van der Waals surface area contributed by atoms with Crippen LogP contribution in [0.3, 0.4) is 0 Å². The predicted octanol–water partition coefficient (Wildman–Crippen LogP) is -0.570. The molecule has 1 aliphatic rings. The lowest BCUT2D eigenvalue weighted by atomic mass is 10.1. The predicted molar refractivity (Wildman–Crippen MR) is 88.1 cm³/mol. The standard InChI is InChI=1S/C15H17N7O4/c1-8(17-15(25)26)14(24)22-10-5-3-2-4-9(10)6-11(22)13(23)16-7-12-18-20-21-19-12/h2-5,8,11,17H,6-7H2,1H3,(H,16,23)(H,25,26)(H,18,19,20,21)/t8?,11-/m0/s1. The van der Waals surface area contributed by atoms with Crippen molar-refractivity contribution in [2.45, 2.75) is 32.0 Å². The zero-order valence-electron chi connectivity index (χ0n) is 13.8. The number of rotatable bonds is 5. The summed E-state index contributed by atoms with van der Waals surface area (Å²) in [6.45, 7) is 1.50. The number of carbonyl (C=O) groups excluding carboxylic acids is 2. The molecule has 1 aromatic heterocycles. The van der Waals surface area contributed by atoms with E-state index in [-0.39, 0.29) is 12.5 Å². The van der Waals surface area contributed by atoms with Gasteiger partial charge in [-0.15, -0.1) is 10.2 Å². The summed E-state index contributed by atoms with van der Waals surface area (Å²) < 4.78 is 0. The molecule has 26 heavy (non-hydrogen) atoms. The summed E-state index contributed by atoms with van der Waals surface area (Å²) in [6, 6.07) is 5.36. The highest BCUT2D eigenvalue weighted by Crippen LogP contribution is 2.32. The number of carboxylic acid groups (broad SMARTS) is 1. The monoisotopic (exact) mass is 359 g/mol. The van der Waals surface area contributed by atoms with Crippen LogP contribution in [0.15, 0.2) is 24.3 Å². The number of aromatic amines is 1. The second-order valence-electron chi connectivity index (χ2n) is 5.77. The zero-order valence-corrected chi connectivity index (χ0v) is 13.8. The van der Waals surface area contributed by atoms with Gasteiger partial charge in [-0.3, -0.25) is 14.5 Å². The first-order valence-corrected chi connectivity index (χ1v) is 7.88. The molecule has 3 amide bonds. The maximum absolute atomic E-state index is 12.8. The van der Waals surface area contributed by atoms with Crippen LogP contribution in [0.2, 0.25) is 0 Å². The van der Waals surface area contributed by atoms with E-state index in [9.17, 15) is 14.4 Å². The minimum atomic E-state index is -1.31. The lowest BCUT2D eigenvalue weighted by Crippen LogP contribution is -2.53. The van der Waals surface area contributed by atoms with Crippen molar-refractivity contribution in [2.75, 3.05) is 4.90 Å². The third-order valence-corrected chi connectivity index (χ3v) is 4.04. The minimum Gasteiger partial charge on any atom is -0.465 e. The SMILES string of the molecule is CC(NC(=O)O)C(=O)N1c2ccccc2C[C@H]1C(=O)NCc1nn[nH]n1. The van der Waals surface area contributed by atoms with Crippen LogP contribution in [0.25, 0.3) is 0 Å². The van der Waals surface area contributed by atoms with Crippen molar-refractivity contribution in [3.8, 4) is 0 Å². The van der Waals surface area contributed by atoms with Gasteiger partial charge < -0.3 is 15.7 Å². The quantitative estimate of drug-likeness (QED) is 0.557. The van der Waals surface area contributed by atoms with Crippen molar-refractivity contribution in [1.29, 1.82) is 0 Å². The van der Waals surface area contributed by atoms with E-state index in [1.54, 1.807) is 12.1 Å². The number of para-hydroxylation sites is 1. The van der Waals surface area contributed by atoms with E-state index in [1.165, 1.54) is 11.8 Å². The molecule has 0 bridgehead atoms. The van der Waals surface area contributed by atoms with E-state index in [4.69, 9.17) is 5.11 Å². The van der Waals surface area contributed by atoms with Crippen LogP contribution < -0.4 is 15.5 Å². The van der Waals surface area contributed by atoms with Gasteiger partial charge in [-0.1, -0.05) is 23.4 Å². The second kappa shape index (κ2) is 7.17. The van der Waals surface area contributed by atoms with Gasteiger partial charge in [0.05, 0.1) is 6.54 Å². The summed E-state index contributed by atoms with van der Waals surface area (Å²) in [4.78, 5) is 37.6. The first-order valence-electron chi connectivity index (χ1n) is 7.88. The Bertz CT molecular complexity index is 823. The molecular formula is C15H17N7O4. The highest BCUT2D eigenvalue weighted by molar-refractivity contribution is 6.06. The molecule has 0 aliphatic carbocycles. The highest BCUT2D eigenvalue weighted by Gasteiger charge is 2.40. The molecular weight excluding hydrogens is 342 g/mol. The number of H-pyrrole nitrogens is 1. The van der Waals surface area contributed by atoms with Crippen LogP contribution in [0, 0.1) is 0 Å². The Morgan fingerprint density at radius 3 is 2.85 bits per heavy atom. The number of amides is 3. The summed E-state index contributed by atoms with van der Waals surface area (Å²) in [5.41, 5.74) is 1.43. The molecule has 11 heteroatoms. The summed E-state index contributed by atoms with van der Waals surface area (Å²) in [5.74, 6) is -0.577. The zero-order chi connectivity index (χ0) is 18.7. The molecule has 136 valence electrons. The molecule has 4 N–H and O–H groups in total. The van der Waals surface area contributed by atoms with Crippen LogP contribution in [-0.2, 0) is 22.6 Å². The Balaban J connectivity index is 1.80. The highest BCUT2D eigenvalue weighted by atomic mass is 16.4. The summed E-state index contributed by atoms with van der Waals surface area (Å²) >= 11 is 0. The Kier molecular flexibility index (Phi) is 4.78. The molecule has 1 unspecified atom stereocenters. The summed E-state index contributed by atoms with van der Waals surface area (Å²) in [7, 11) is 0. The summed E-state index contributed by atoms with van der Waals surface area (Å²) in [6.07, 6.45) is -0.976. The van der Waals surface area contributed by atoms with Gasteiger partial charge in [0.2, 0.25) is 11.8 Å². The molecule has 2 atom stereocenters. The number of anilines is 1. The second-order valence-corrected chi connectivity index (χ2v) is 5.77. The molecule has 0 saturated heterocycles. The van der Waals surface area contributed by atoms with E-state index >= 15 is 0 Å². The Hall–Kier alpha value is -3.50. The van der Waals surface area contributed by atoms with E-state index in [1.807, 2.05) is 12.1 Å². The van der Waals surface area contributed by atoms with Crippen molar-refractivity contribution in [3.63, 3.8) is 0 Å². The van der Waals surface area contributed by atoms with Crippen molar-refractivity contribution in [2.24, 2.45) is 0 Å². The van der Waals surface area contributed by atoms with Gasteiger partial charge in [-0.2, -0.15) is 5.21 Å². The Labute approximate surface area is 147 Å². The topological polar surface area (TPSA) is 153 Å². The molecule has 2 aromatic rings. The van der Waals surface area contributed by atoms with Crippen molar-refractivity contribution in [3.05, 3.63) is 35.7 Å². The first-order chi connectivity index (χ1) is 12.5. The maximum Gasteiger partial charge on any atom is 0.405 e. The lowest BCUT2D eigenvalue weighted by Gasteiger charge is -2.27. The number of aromatic nitrogens is 4. The number of carbonyl (C=O) groups is 3. The van der Waals surface area contributed by atoms with Gasteiger partial charge in [0, 0.05) is 12.1 Å². The fraction of sp³-hybridized carbons (Fsp3) is 0.333. The van der Waals surface area contributed by atoms with Crippen molar-refractivity contribution >= 4 is 23.6 Å². The molecule has 3 rings (SSSR count). The van der Waals surface area contributed by atoms with E-state index in [0.29, 0.717) is 17.9 Å². The number of benzene rings is 1. The van der Waals surface area contributed by atoms with Gasteiger partial charge in [0.1, 0.15) is 12.1 Å². The summed E-state index contributed by atoms with van der Waals surface area (Å²) in [5, 5.41) is 26.8. The third-order valence-electron chi connectivity index (χ3n) is 4.04. The van der Waals surface area contributed by atoms with Crippen molar-refractivity contribution < 1.29 is 19.5 Å². The van der Waals surface area contributed by atoms with Crippen LogP contribution >= 0.6 is 0 Å². The first kappa shape index (κ1) is 17.3. The van der Waals surface area contributed by atoms with E-state index in [0.717, 1.165) is 5.56 Å². The number of hydrogen-bond acceptors (Lipinski definition) is 6. The molecule has 11 nitrogen and oxygen atoms in total. The minimum absolute atomic E-state index is 0.0626. The molecule has 0 saturated carbocycles. The number of hydrogen-bond donors (Lipinski definition) is 4. The number of nitrogens with zero attached hydrogens (tertiary/aromatic N) is 4. The Morgan fingerprint density at radius 1 is 1.38 bits per heavy atom. The normalized spacial score (nSPS) is 16.7. The molecule has 1 aromatic carbocycles. The van der Waals surface area contributed by atoms with Gasteiger partial charge in [-0.25, -0.2) is 4.79 Å². The van der Waals surface area contributed by atoms with Gasteiger partial charge in [-0.05, 0) is 18.6 Å². The van der Waals surface area contributed by atoms with Gasteiger partial charge >= 0.3 is 6.09 Å². The van der Waals surface area contributed by atoms with E-state index < -0.39 is 24.1 Å². The Morgan fingerprint density at radius 2 is 2.15 bits per heavy atom.